The van der Waals surface area contributed by atoms with Gasteiger partial charge in [-0.2, -0.15) is 0 Å². The third-order valence-electron chi connectivity index (χ3n) is 11.5. The molecule has 1 aromatic carbocycles. The van der Waals surface area contributed by atoms with Gasteiger partial charge in [0.1, 0.15) is 11.2 Å². The lowest BCUT2D eigenvalue weighted by molar-refractivity contribution is -0.165. The van der Waals surface area contributed by atoms with Crippen LogP contribution in [-0.2, 0) is 9.47 Å². The van der Waals surface area contributed by atoms with E-state index in [9.17, 15) is 9.59 Å². The molecular formula is C30H38O4S. The van der Waals surface area contributed by atoms with Crippen molar-refractivity contribution >= 4 is 24.6 Å². The van der Waals surface area contributed by atoms with Crippen LogP contribution in [-0.4, -0.2) is 23.1 Å². The number of esters is 2. The highest BCUT2D eigenvalue weighted by molar-refractivity contribution is 7.80. The van der Waals surface area contributed by atoms with E-state index in [0.717, 1.165) is 23.7 Å². The average Bonchev–Trinajstić information content (AvgIpc) is 2.80. The first-order valence-electron chi connectivity index (χ1n) is 14.0. The highest BCUT2D eigenvalue weighted by atomic mass is 32.1. The van der Waals surface area contributed by atoms with Gasteiger partial charge in [-0.1, -0.05) is 0 Å². The molecule has 0 amide bonds. The summed E-state index contributed by atoms with van der Waals surface area (Å²) in [4.78, 5) is 27.4. The third-order valence-corrected chi connectivity index (χ3v) is 11.8. The van der Waals surface area contributed by atoms with Gasteiger partial charge in [0.2, 0.25) is 0 Å². The Morgan fingerprint density at radius 1 is 0.629 bits per heavy atom. The van der Waals surface area contributed by atoms with Crippen molar-refractivity contribution in [3.8, 4) is 0 Å². The largest absolute Gasteiger partial charge is 0.455 e. The van der Waals surface area contributed by atoms with Crippen molar-refractivity contribution in [3.05, 3.63) is 29.3 Å². The molecule has 8 fully saturated rings. The first-order valence-corrected chi connectivity index (χ1v) is 14.4. The van der Waals surface area contributed by atoms with Crippen LogP contribution in [0.4, 0.5) is 0 Å². The van der Waals surface area contributed by atoms with Crippen molar-refractivity contribution in [2.24, 2.45) is 47.3 Å². The van der Waals surface area contributed by atoms with Crippen molar-refractivity contribution in [3.63, 3.8) is 0 Å². The summed E-state index contributed by atoms with van der Waals surface area (Å²) in [6.45, 7) is 4.32. The van der Waals surface area contributed by atoms with Crippen LogP contribution in [0.2, 0.25) is 0 Å². The predicted octanol–water partition coefficient (Wildman–Crippen LogP) is 6.72. The van der Waals surface area contributed by atoms with Gasteiger partial charge in [-0.25, -0.2) is 9.59 Å². The van der Waals surface area contributed by atoms with Gasteiger partial charge in [-0.15, -0.1) is 12.6 Å². The van der Waals surface area contributed by atoms with Crippen molar-refractivity contribution in [2.45, 2.75) is 94.2 Å². The van der Waals surface area contributed by atoms with E-state index in [1.807, 2.05) is 0 Å². The predicted molar refractivity (Wildman–Crippen MR) is 135 cm³/mol. The molecule has 0 spiro atoms. The summed E-state index contributed by atoms with van der Waals surface area (Å²) >= 11 is 4.54. The van der Waals surface area contributed by atoms with E-state index < -0.39 is 11.2 Å². The summed E-state index contributed by atoms with van der Waals surface area (Å²) in [5, 5.41) is 0. The standard InChI is InChI=1S/C30H38O4S/c1-29(22-5-16-3-17(7-22)8-23(29)6-16)33-27(31)20-13-21(15-26(35)14-20)28(32)34-30(2)24-9-18-4-19(11-24)12-25(30)10-18/h13-19,22-25,35H,3-12H2,1-2H3. The first kappa shape index (κ1) is 22.7. The lowest BCUT2D eigenvalue weighted by Gasteiger charge is -2.59. The molecule has 4 nitrogen and oxygen atoms in total. The van der Waals surface area contributed by atoms with Crippen LogP contribution < -0.4 is 0 Å². The minimum atomic E-state index is -0.397. The van der Waals surface area contributed by atoms with Gasteiger partial charge in [0.15, 0.2) is 0 Å². The van der Waals surface area contributed by atoms with E-state index in [2.05, 4.69) is 26.5 Å². The Balaban J connectivity index is 1.10. The van der Waals surface area contributed by atoms with E-state index in [0.29, 0.717) is 39.7 Å². The van der Waals surface area contributed by atoms with E-state index in [1.54, 1.807) is 18.2 Å². The van der Waals surface area contributed by atoms with Gasteiger partial charge in [0.25, 0.3) is 0 Å². The van der Waals surface area contributed by atoms with Gasteiger partial charge >= 0.3 is 11.9 Å². The quantitative estimate of drug-likeness (QED) is 0.373. The zero-order valence-electron chi connectivity index (χ0n) is 21.0. The van der Waals surface area contributed by atoms with Crippen LogP contribution in [0.5, 0.6) is 0 Å². The number of rotatable bonds is 4. The third kappa shape index (κ3) is 3.54. The van der Waals surface area contributed by atoms with Crippen molar-refractivity contribution in [1.29, 1.82) is 0 Å². The lowest BCUT2D eigenvalue weighted by Crippen LogP contribution is -2.58. The van der Waals surface area contributed by atoms with Crippen molar-refractivity contribution < 1.29 is 19.1 Å². The SMILES string of the molecule is CC1(OC(=O)c2cc(S)cc(C(=O)OC3(C)C4CC5CC(C4)CC3C5)c2)C2CC3CC(C2)CC1C3. The number of carbonyl (C=O) groups excluding carboxylic acids is 2. The molecule has 1 aromatic rings. The molecule has 0 atom stereocenters. The van der Waals surface area contributed by atoms with Crippen molar-refractivity contribution in [1.82, 2.24) is 0 Å². The van der Waals surface area contributed by atoms with Gasteiger partial charge in [0, 0.05) is 4.90 Å². The smallest absolute Gasteiger partial charge is 0.338 e. The Labute approximate surface area is 214 Å². The number of thiol groups is 1. The van der Waals surface area contributed by atoms with Gasteiger partial charge in [-0.05, 0) is 144 Å². The van der Waals surface area contributed by atoms with E-state index in [1.165, 1.54) is 64.2 Å². The fourth-order valence-corrected chi connectivity index (χ4v) is 10.2. The minimum absolute atomic E-state index is 0.328. The second kappa shape index (κ2) is 7.76. The molecule has 8 bridgehead atoms. The maximum Gasteiger partial charge on any atom is 0.338 e. The summed E-state index contributed by atoms with van der Waals surface area (Å²) in [6.07, 6.45) is 12.2. The normalized spacial score (nSPS) is 46.6. The van der Waals surface area contributed by atoms with Crippen LogP contribution in [0.3, 0.4) is 0 Å². The number of ether oxygens (including phenoxy) is 2. The number of hydrogen-bond acceptors (Lipinski definition) is 5. The first-order chi connectivity index (χ1) is 16.7. The highest BCUT2D eigenvalue weighted by Gasteiger charge is 2.58. The topological polar surface area (TPSA) is 52.6 Å². The Morgan fingerprint density at radius 3 is 1.26 bits per heavy atom. The Bertz CT molecular complexity index is 940. The zero-order valence-corrected chi connectivity index (χ0v) is 21.9. The summed E-state index contributed by atoms with van der Waals surface area (Å²) < 4.78 is 12.6. The highest BCUT2D eigenvalue weighted by Crippen LogP contribution is 2.60. The van der Waals surface area contributed by atoms with Crippen molar-refractivity contribution in [2.75, 3.05) is 0 Å². The summed E-state index contributed by atoms with van der Waals surface area (Å²) in [5.74, 6) is 4.46. The average molecular weight is 495 g/mol. The van der Waals surface area contributed by atoms with E-state index in [4.69, 9.17) is 9.47 Å². The molecule has 5 heteroatoms. The zero-order chi connectivity index (χ0) is 24.1. The van der Waals surface area contributed by atoms with E-state index in [-0.39, 0.29) is 11.9 Å². The Morgan fingerprint density at radius 2 is 0.943 bits per heavy atom. The maximum absolute atomic E-state index is 13.4. The molecule has 0 aliphatic heterocycles. The molecule has 9 rings (SSSR count). The molecule has 8 aliphatic rings. The van der Waals surface area contributed by atoms with Crippen LogP contribution in [0, 0.1) is 47.3 Å². The van der Waals surface area contributed by atoms with Gasteiger partial charge in [0.05, 0.1) is 11.1 Å². The Kier molecular flexibility index (Phi) is 5.03. The number of hydrogen-bond donors (Lipinski definition) is 1. The van der Waals surface area contributed by atoms with Crippen LogP contribution in [0.1, 0.15) is 98.8 Å². The second-order valence-electron chi connectivity index (χ2n) is 13.5. The van der Waals surface area contributed by atoms with Crippen LogP contribution in [0.25, 0.3) is 0 Å². The fraction of sp³-hybridized carbons (Fsp3) is 0.733. The molecular weight excluding hydrogens is 456 g/mol. The summed E-state index contributed by atoms with van der Waals surface area (Å²) in [7, 11) is 0. The number of carbonyl (C=O) groups is 2. The maximum atomic E-state index is 13.4. The van der Waals surface area contributed by atoms with E-state index >= 15 is 0 Å². The molecule has 0 heterocycles. The summed E-state index contributed by atoms with van der Waals surface area (Å²) in [5.41, 5.74) is 0.0292. The molecule has 35 heavy (non-hydrogen) atoms. The lowest BCUT2D eigenvalue weighted by atomic mass is 9.50. The van der Waals surface area contributed by atoms with Crippen LogP contribution >= 0.6 is 12.6 Å². The molecule has 0 radical (unpaired) electrons. The second-order valence-corrected chi connectivity index (χ2v) is 14.0. The molecule has 8 saturated carbocycles. The van der Waals surface area contributed by atoms with Crippen LogP contribution in [0.15, 0.2) is 23.1 Å². The fourth-order valence-electron chi connectivity index (χ4n) is 9.94. The summed E-state index contributed by atoms with van der Waals surface area (Å²) in [6, 6.07) is 5.13. The van der Waals surface area contributed by atoms with Gasteiger partial charge in [-0.3, -0.25) is 0 Å². The molecule has 0 saturated heterocycles. The Hall–Kier alpha value is -1.49. The minimum Gasteiger partial charge on any atom is -0.455 e. The molecule has 8 aliphatic carbocycles. The molecule has 0 N–H and O–H groups in total. The number of benzene rings is 1. The molecule has 0 unspecified atom stereocenters. The monoisotopic (exact) mass is 494 g/mol. The molecule has 188 valence electrons. The molecule has 0 aromatic heterocycles. The van der Waals surface area contributed by atoms with Gasteiger partial charge < -0.3 is 9.47 Å².